The van der Waals surface area contributed by atoms with Gasteiger partial charge in [-0.3, -0.25) is 9.79 Å². The Hall–Kier alpha value is -2.23. The van der Waals surface area contributed by atoms with Crippen molar-refractivity contribution in [1.82, 2.24) is 15.2 Å². The second-order valence-corrected chi connectivity index (χ2v) is 6.73. The maximum absolute atomic E-state index is 11.9. The predicted molar refractivity (Wildman–Crippen MR) is 126 cm³/mol. The van der Waals surface area contributed by atoms with Crippen LogP contribution in [0.5, 0.6) is 11.5 Å². The summed E-state index contributed by atoms with van der Waals surface area (Å²) in [5, 5.41) is 6.64. The average molecular weight is 512 g/mol. The number of aliphatic imine (C=N–C) groups is 1. The smallest absolute Gasteiger partial charge is 0.250 e. The molecule has 1 aliphatic heterocycles. The monoisotopic (exact) mass is 512 g/mol. The van der Waals surface area contributed by atoms with Crippen LogP contribution in [0.2, 0.25) is 0 Å². The molecule has 2 heterocycles. The van der Waals surface area contributed by atoms with Gasteiger partial charge in [-0.1, -0.05) is 12.1 Å². The normalized spacial score (nSPS) is 12.4. The molecular formula is C21H29IN4O3. The van der Waals surface area contributed by atoms with Crippen LogP contribution < -0.4 is 25.7 Å². The van der Waals surface area contributed by atoms with Gasteiger partial charge in [0.25, 0.3) is 5.56 Å². The number of unbranched alkanes of at least 4 members (excludes halogenated alkanes) is 1. The number of guanidine groups is 1. The van der Waals surface area contributed by atoms with Crippen molar-refractivity contribution in [2.45, 2.75) is 32.7 Å². The number of nitrogens with one attached hydrogen (secondary N) is 2. The minimum atomic E-state index is 0. The SMILES string of the molecule is CN=C(NCCCCn1c(C)cccc1=O)NCCc1ccc2c(c1)OCO2.I. The maximum atomic E-state index is 11.9. The van der Waals surface area contributed by atoms with Crippen molar-refractivity contribution < 1.29 is 9.47 Å². The van der Waals surface area contributed by atoms with Crippen molar-refractivity contribution in [2.24, 2.45) is 4.99 Å². The standard InChI is InChI=1S/C21H28N4O3.HI/c1-16-6-5-7-20(26)25(16)13-4-3-11-23-21(22-2)24-12-10-17-8-9-18-19(14-17)28-15-27-18;/h5-9,14H,3-4,10-13,15H2,1-2H3,(H2,22,23,24);1H. The summed E-state index contributed by atoms with van der Waals surface area (Å²) in [6.07, 6.45) is 2.77. The van der Waals surface area contributed by atoms with Crippen LogP contribution in [0, 0.1) is 6.92 Å². The lowest BCUT2D eigenvalue weighted by molar-refractivity contribution is 0.174. The molecule has 158 valence electrons. The number of fused-ring (bicyclic) bond motifs is 1. The quantitative estimate of drug-likeness (QED) is 0.246. The van der Waals surface area contributed by atoms with Crippen molar-refractivity contribution in [3.05, 3.63) is 58.0 Å². The first-order chi connectivity index (χ1) is 13.7. The largest absolute Gasteiger partial charge is 0.454 e. The molecule has 0 saturated heterocycles. The van der Waals surface area contributed by atoms with Crippen molar-refractivity contribution >= 4 is 29.9 Å². The van der Waals surface area contributed by atoms with E-state index >= 15 is 0 Å². The molecule has 0 fully saturated rings. The summed E-state index contributed by atoms with van der Waals surface area (Å²) in [5.74, 6) is 2.41. The Bertz CT molecular complexity index is 882. The Morgan fingerprint density at radius 1 is 1.10 bits per heavy atom. The van der Waals surface area contributed by atoms with Crippen molar-refractivity contribution in [3.63, 3.8) is 0 Å². The van der Waals surface area contributed by atoms with Crippen molar-refractivity contribution in [2.75, 3.05) is 26.9 Å². The highest BCUT2D eigenvalue weighted by Crippen LogP contribution is 2.32. The van der Waals surface area contributed by atoms with E-state index in [1.165, 1.54) is 5.56 Å². The van der Waals surface area contributed by atoms with Crippen LogP contribution >= 0.6 is 24.0 Å². The molecule has 1 aromatic carbocycles. The fraction of sp³-hybridized carbons (Fsp3) is 0.429. The molecule has 8 heteroatoms. The molecule has 1 aromatic heterocycles. The number of rotatable bonds is 8. The molecule has 2 aromatic rings. The Morgan fingerprint density at radius 2 is 1.90 bits per heavy atom. The molecule has 29 heavy (non-hydrogen) atoms. The minimum absolute atomic E-state index is 0. The van der Waals surface area contributed by atoms with E-state index in [1.807, 2.05) is 29.7 Å². The van der Waals surface area contributed by atoms with Crippen LogP contribution in [-0.2, 0) is 13.0 Å². The fourth-order valence-electron chi connectivity index (χ4n) is 3.15. The van der Waals surface area contributed by atoms with E-state index in [0.717, 1.165) is 62.0 Å². The molecular weight excluding hydrogens is 483 g/mol. The topological polar surface area (TPSA) is 76.9 Å². The zero-order chi connectivity index (χ0) is 19.8. The van der Waals surface area contributed by atoms with Crippen LogP contribution in [-0.4, -0.2) is 37.5 Å². The first-order valence-corrected chi connectivity index (χ1v) is 9.67. The summed E-state index contributed by atoms with van der Waals surface area (Å²) >= 11 is 0. The fourth-order valence-corrected chi connectivity index (χ4v) is 3.15. The van der Waals surface area contributed by atoms with E-state index in [0.29, 0.717) is 6.79 Å². The lowest BCUT2D eigenvalue weighted by Gasteiger charge is -2.13. The third-order valence-electron chi connectivity index (χ3n) is 4.74. The van der Waals surface area contributed by atoms with Crippen LogP contribution in [0.1, 0.15) is 24.1 Å². The van der Waals surface area contributed by atoms with Crippen LogP contribution in [0.25, 0.3) is 0 Å². The van der Waals surface area contributed by atoms with Gasteiger partial charge in [-0.05, 0) is 49.9 Å². The summed E-state index contributed by atoms with van der Waals surface area (Å²) in [7, 11) is 1.77. The first-order valence-electron chi connectivity index (χ1n) is 9.67. The highest BCUT2D eigenvalue weighted by atomic mass is 127. The molecule has 3 rings (SSSR count). The van der Waals surface area contributed by atoms with E-state index in [2.05, 4.69) is 21.7 Å². The van der Waals surface area contributed by atoms with Crippen molar-refractivity contribution in [1.29, 1.82) is 0 Å². The van der Waals surface area contributed by atoms with Gasteiger partial charge in [0.05, 0.1) is 0 Å². The number of benzene rings is 1. The Labute approximate surface area is 188 Å². The number of aromatic nitrogens is 1. The molecule has 0 saturated carbocycles. The van der Waals surface area contributed by atoms with Crippen molar-refractivity contribution in [3.8, 4) is 11.5 Å². The minimum Gasteiger partial charge on any atom is -0.454 e. The summed E-state index contributed by atoms with van der Waals surface area (Å²) in [6.45, 7) is 4.59. The molecule has 0 bridgehead atoms. The highest BCUT2D eigenvalue weighted by Gasteiger charge is 2.12. The Kier molecular flexibility index (Phi) is 9.30. The predicted octanol–water partition coefficient (Wildman–Crippen LogP) is 2.69. The Morgan fingerprint density at radius 3 is 2.69 bits per heavy atom. The van der Waals surface area contributed by atoms with Crippen LogP contribution in [0.3, 0.4) is 0 Å². The van der Waals surface area contributed by atoms with Gasteiger partial charge in [0.2, 0.25) is 6.79 Å². The molecule has 0 unspecified atom stereocenters. The number of hydrogen-bond donors (Lipinski definition) is 2. The van der Waals surface area contributed by atoms with Gasteiger partial charge >= 0.3 is 0 Å². The zero-order valence-corrected chi connectivity index (χ0v) is 19.3. The molecule has 0 atom stereocenters. The second kappa shape index (κ2) is 11.7. The van der Waals surface area contributed by atoms with Gasteiger partial charge in [-0.2, -0.15) is 0 Å². The van der Waals surface area contributed by atoms with E-state index in [4.69, 9.17) is 9.47 Å². The Balaban J connectivity index is 0.00000300. The van der Waals surface area contributed by atoms with Gasteiger partial charge in [0.15, 0.2) is 17.5 Å². The third kappa shape index (κ3) is 6.66. The number of pyridine rings is 1. The van der Waals surface area contributed by atoms with E-state index in [9.17, 15) is 4.79 Å². The van der Waals surface area contributed by atoms with Gasteiger partial charge in [-0.25, -0.2) is 0 Å². The highest BCUT2D eigenvalue weighted by molar-refractivity contribution is 14.0. The second-order valence-electron chi connectivity index (χ2n) is 6.73. The molecule has 0 spiro atoms. The first kappa shape index (κ1) is 23.1. The third-order valence-corrected chi connectivity index (χ3v) is 4.74. The van der Waals surface area contributed by atoms with Gasteiger partial charge < -0.3 is 24.7 Å². The molecule has 1 aliphatic rings. The van der Waals surface area contributed by atoms with E-state index in [1.54, 1.807) is 19.2 Å². The van der Waals surface area contributed by atoms with E-state index in [-0.39, 0.29) is 29.5 Å². The summed E-state index contributed by atoms with van der Waals surface area (Å²) in [6, 6.07) is 11.4. The number of aryl methyl sites for hydroxylation is 1. The molecule has 2 N–H and O–H groups in total. The van der Waals surface area contributed by atoms with E-state index < -0.39 is 0 Å². The lowest BCUT2D eigenvalue weighted by atomic mass is 10.1. The molecule has 0 radical (unpaired) electrons. The van der Waals surface area contributed by atoms with Gasteiger partial charge in [0, 0.05) is 38.4 Å². The number of halogens is 1. The maximum Gasteiger partial charge on any atom is 0.250 e. The zero-order valence-electron chi connectivity index (χ0n) is 16.9. The number of hydrogen-bond acceptors (Lipinski definition) is 4. The summed E-state index contributed by atoms with van der Waals surface area (Å²) in [4.78, 5) is 16.1. The van der Waals surface area contributed by atoms with Crippen LogP contribution in [0.4, 0.5) is 0 Å². The lowest BCUT2D eigenvalue weighted by Crippen LogP contribution is -2.38. The molecule has 0 aliphatic carbocycles. The molecule has 0 amide bonds. The molecule has 7 nitrogen and oxygen atoms in total. The van der Waals surface area contributed by atoms with Crippen LogP contribution in [0.15, 0.2) is 46.2 Å². The summed E-state index contributed by atoms with van der Waals surface area (Å²) in [5.41, 5.74) is 2.26. The number of nitrogens with zero attached hydrogens (tertiary/aromatic N) is 2. The van der Waals surface area contributed by atoms with Gasteiger partial charge in [0.1, 0.15) is 0 Å². The average Bonchev–Trinajstić information content (AvgIpc) is 3.16. The summed E-state index contributed by atoms with van der Waals surface area (Å²) < 4.78 is 12.6. The number of ether oxygens (including phenoxy) is 2. The van der Waals surface area contributed by atoms with Gasteiger partial charge in [-0.15, -0.1) is 24.0 Å².